The molecule has 1 aromatic rings. The zero-order chi connectivity index (χ0) is 20.5. The lowest BCUT2D eigenvalue weighted by Crippen LogP contribution is -2.51. The van der Waals surface area contributed by atoms with Crippen LogP contribution in [0.25, 0.3) is 0 Å². The summed E-state index contributed by atoms with van der Waals surface area (Å²) in [5.74, 6) is -0.0559. The van der Waals surface area contributed by atoms with E-state index in [2.05, 4.69) is 10.6 Å². The molecule has 0 radical (unpaired) electrons. The zero-order valence-corrected chi connectivity index (χ0v) is 17.2. The largest absolute Gasteiger partial charge is 0.463 e. The van der Waals surface area contributed by atoms with Crippen molar-refractivity contribution >= 4 is 29.7 Å². The van der Waals surface area contributed by atoms with Gasteiger partial charge in [0.2, 0.25) is 0 Å². The molecule has 0 bridgehead atoms. The molecule has 2 N–H and O–H groups in total. The van der Waals surface area contributed by atoms with Crippen LogP contribution >= 0.6 is 11.8 Å². The Kier molecular flexibility index (Phi) is 8.38. The number of aryl methyl sites for hydroxylation is 1. The van der Waals surface area contributed by atoms with Crippen LogP contribution < -0.4 is 10.6 Å². The number of hydrogen-bond acceptors (Lipinski definition) is 6. The molecule has 0 unspecified atom stereocenters. The Morgan fingerprint density at radius 3 is 2.50 bits per heavy atom. The minimum atomic E-state index is -0.526. The van der Waals surface area contributed by atoms with Gasteiger partial charge in [-0.2, -0.15) is 0 Å². The van der Waals surface area contributed by atoms with Gasteiger partial charge in [0.15, 0.2) is 0 Å². The first-order chi connectivity index (χ1) is 13.4. The van der Waals surface area contributed by atoms with Gasteiger partial charge in [-0.1, -0.05) is 36.8 Å². The van der Waals surface area contributed by atoms with Crippen LogP contribution in [0.1, 0.15) is 31.4 Å². The van der Waals surface area contributed by atoms with Crippen molar-refractivity contribution in [1.29, 1.82) is 0 Å². The lowest BCUT2D eigenvalue weighted by Gasteiger charge is -2.28. The summed E-state index contributed by atoms with van der Waals surface area (Å²) in [5, 5.41) is 5.23. The number of ether oxygens (including phenoxy) is 2. The van der Waals surface area contributed by atoms with Crippen molar-refractivity contribution in [1.82, 2.24) is 10.6 Å². The Bertz CT molecular complexity index is 745. The Balaban J connectivity index is 1.92. The number of nitrogens with one attached hydrogen (secondary N) is 2. The van der Waals surface area contributed by atoms with E-state index in [9.17, 15) is 14.4 Å². The van der Waals surface area contributed by atoms with Crippen LogP contribution in [0.3, 0.4) is 0 Å². The van der Waals surface area contributed by atoms with Gasteiger partial charge in [0.1, 0.15) is 6.61 Å². The molecular formula is C20H26N2O5S. The number of hydrogen-bond donors (Lipinski definition) is 2. The number of carbonyl (C=O) groups is 3. The summed E-state index contributed by atoms with van der Waals surface area (Å²) in [7, 11) is 0. The molecule has 152 valence electrons. The first-order valence-corrected chi connectivity index (χ1v) is 10.4. The number of urea groups is 1. The van der Waals surface area contributed by atoms with Gasteiger partial charge in [0, 0.05) is 5.75 Å². The minimum Gasteiger partial charge on any atom is -0.463 e. The van der Waals surface area contributed by atoms with Gasteiger partial charge in [0.05, 0.1) is 29.7 Å². The van der Waals surface area contributed by atoms with E-state index in [1.54, 1.807) is 6.92 Å². The molecule has 2 amide bonds. The van der Waals surface area contributed by atoms with E-state index in [4.69, 9.17) is 9.47 Å². The minimum absolute atomic E-state index is 0.179. The van der Waals surface area contributed by atoms with E-state index in [0.717, 1.165) is 5.56 Å². The van der Waals surface area contributed by atoms with Crippen LogP contribution in [0.15, 0.2) is 35.5 Å². The van der Waals surface area contributed by atoms with E-state index in [1.165, 1.54) is 17.3 Å². The number of rotatable bonds is 9. The summed E-state index contributed by atoms with van der Waals surface area (Å²) in [5.41, 5.74) is 2.88. The van der Waals surface area contributed by atoms with Crippen LogP contribution in [0, 0.1) is 6.92 Å². The van der Waals surface area contributed by atoms with E-state index >= 15 is 0 Å². The van der Waals surface area contributed by atoms with Crippen molar-refractivity contribution in [3.05, 3.63) is 46.7 Å². The average Bonchev–Trinajstić information content (AvgIpc) is 2.67. The molecule has 2 rings (SSSR count). The van der Waals surface area contributed by atoms with E-state index in [0.29, 0.717) is 17.7 Å². The lowest BCUT2D eigenvalue weighted by molar-refractivity contribution is -0.141. The monoisotopic (exact) mass is 406 g/mol. The van der Waals surface area contributed by atoms with Crippen LogP contribution in [0.5, 0.6) is 0 Å². The SMILES string of the molecule is CCOC(=O)C1=C(COC(=O)CSCc2ccc(C)cc2)NC(=O)N[C@@H]1CC. The van der Waals surface area contributed by atoms with Gasteiger partial charge >= 0.3 is 18.0 Å². The maximum atomic E-state index is 12.3. The Morgan fingerprint density at radius 1 is 1.14 bits per heavy atom. The molecule has 7 nitrogen and oxygen atoms in total. The van der Waals surface area contributed by atoms with Gasteiger partial charge in [-0.3, -0.25) is 4.79 Å². The molecule has 0 aromatic heterocycles. The summed E-state index contributed by atoms with van der Waals surface area (Å²) in [4.78, 5) is 36.1. The standard InChI is InChI=1S/C20H26N2O5S/c1-4-15-18(19(24)26-5-2)16(22-20(25)21-15)10-27-17(23)12-28-11-14-8-6-13(3)7-9-14/h6-9,15H,4-5,10-12H2,1-3H3,(H2,21,22,25)/t15-/m1/s1. The van der Waals surface area contributed by atoms with Gasteiger partial charge < -0.3 is 20.1 Å². The molecule has 0 saturated carbocycles. The molecule has 0 saturated heterocycles. The molecule has 1 atom stereocenters. The molecule has 0 fully saturated rings. The van der Waals surface area contributed by atoms with Crippen molar-refractivity contribution < 1.29 is 23.9 Å². The van der Waals surface area contributed by atoms with E-state index in [1.807, 2.05) is 38.1 Å². The molecular weight excluding hydrogens is 380 g/mol. The smallest absolute Gasteiger partial charge is 0.338 e. The second-order valence-electron chi connectivity index (χ2n) is 6.31. The summed E-state index contributed by atoms with van der Waals surface area (Å²) in [6, 6.07) is 7.21. The predicted octanol–water partition coefficient (Wildman–Crippen LogP) is 2.68. The third kappa shape index (κ3) is 6.30. The van der Waals surface area contributed by atoms with Gasteiger partial charge in [-0.05, 0) is 25.8 Å². The summed E-state index contributed by atoms with van der Waals surface area (Å²) >= 11 is 1.45. The molecule has 0 spiro atoms. The van der Waals surface area contributed by atoms with Crippen LogP contribution in [0.4, 0.5) is 4.79 Å². The average molecular weight is 407 g/mol. The van der Waals surface area contributed by atoms with Crippen molar-refractivity contribution in [2.45, 2.75) is 39.0 Å². The topological polar surface area (TPSA) is 93.7 Å². The quantitative estimate of drug-likeness (QED) is 0.613. The highest BCUT2D eigenvalue weighted by Gasteiger charge is 2.31. The van der Waals surface area contributed by atoms with Gasteiger partial charge in [-0.25, -0.2) is 9.59 Å². The fourth-order valence-electron chi connectivity index (χ4n) is 2.71. The molecule has 1 aliphatic heterocycles. The van der Waals surface area contributed by atoms with Crippen molar-refractivity contribution in [2.75, 3.05) is 19.0 Å². The molecule has 8 heteroatoms. The number of amides is 2. The molecule has 1 aromatic carbocycles. The maximum absolute atomic E-state index is 12.3. The first kappa shape index (κ1) is 21.8. The molecule has 28 heavy (non-hydrogen) atoms. The Labute approximate surface area is 169 Å². The van der Waals surface area contributed by atoms with Crippen LogP contribution in [0.2, 0.25) is 0 Å². The second kappa shape index (κ2) is 10.8. The third-order valence-electron chi connectivity index (χ3n) is 4.13. The normalized spacial score (nSPS) is 16.2. The Morgan fingerprint density at radius 2 is 1.86 bits per heavy atom. The summed E-state index contributed by atoms with van der Waals surface area (Å²) < 4.78 is 10.3. The fraction of sp³-hybridized carbons (Fsp3) is 0.450. The van der Waals surface area contributed by atoms with Gasteiger partial charge in [0.25, 0.3) is 0 Å². The van der Waals surface area contributed by atoms with Crippen molar-refractivity contribution in [3.8, 4) is 0 Å². The lowest BCUT2D eigenvalue weighted by atomic mass is 10.0. The third-order valence-corrected chi connectivity index (χ3v) is 5.11. The van der Waals surface area contributed by atoms with Crippen LogP contribution in [-0.4, -0.2) is 43.0 Å². The molecule has 0 aliphatic carbocycles. The van der Waals surface area contributed by atoms with Crippen molar-refractivity contribution in [3.63, 3.8) is 0 Å². The van der Waals surface area contributed by atoms with Gasteiger partial charge in [-0.15, -0.1) is 11.8 Å². The summed E-state index contributed by atoms with van der Waals surface area (Å²) in [6.45, 7) is 5.62. The van der Waals surface area contributed by atoms with E-state index in [-0.39, 0.29) is 24.7 Å². The second-order valence-corrected chi connectivity index (χ2v) is 7.30. The van der Waals surface area contributed by atoms with Crippen LogP contribution in [-0.2, 0) is 24.8 Å². The summed E-state index contributed by atoms with van der Waals surface area (Å²) in [6.07, 6.45) is 0.519. The number of carbonyl (C=O) groups excluding carboxylic acids is 3. The molecule has 1 heterocycles. The number of thioether (sulfide) groups is 1. The van der Waals surface area contributed by atoms with E-state index < -0.39 is 24.0 Å². The number of esters is 2. The molecule has 1 aliphatic rings. The maximum Gasteiger partial charge on any atom is 0.338 e. The Hall–Kier alpha value is -2.48. The zero-order valence-electron chi connectivity index (χ0n) is 16.4. The number of benzene rings is 1. The highest BCUT2D eigenvalue weighted by Crippen LogP contribution is 2.18. The highest BCUT2D eigenvalue weighted by molar-refractivity contribution is 7.99. The fourth-order valence-corrected chi connectivity index (χ4v) is 3.49. The first-order valence-electron chi connectivity index (χ1n) is 9.21. The van der Waals surface area contributed by atoms with Crippen molar-refractivity contribution in [2.24, 2.45) is 0 Å². The highest BCUT2D eigenvalue weighted by atomic mass is 32.2. The predicted molar refractivity (Wildman–Crippen MR) is 108 cm³/mol.